The summed E-state index contributed by atoms with van der Waals surface area (Å²) in [5, 5.41) is 0. The predicted molar refractivity (Wildman–Crippen MR) is 100 cm³/mol. The number of anilines is 1. The van der Waals surface area contributed by atoms with Gasteiger partial charge >= 0.3 is 0 Å². The molecule has 1 aromatic carbocycles. The zero-order valence-corrected chi connectivity index (χ0v) is 16.4. The van der Waals surface area contributed by atoms with Crippen LogP contribution in [0.25, 0.3) is 0 Å². The van der Waals surface area contributed by atoms with E-state index in [-0.39, 0.29) is 5.41 Å². The van der Waals surface area contributed by atoms with Crippen LogP contribution in [0.3, 0.4) is 0 Å². The molecule has 0 fully saturated rings. The fraction of sp³-hybridized carbons (Fsp3) is 0.474. The van der Waals surface area contributed by atoms with E-state index in [2.05, 4.69) is 70.9 Å². The predicted octanol–water partition coefficient (Wildman–Crippen LogP) is 4.25. The molecule has 0 N–H and O–H groups in total. The Morgan fingerprint density at radius 3 is 2.75 bits per heavy atom. The molecule has 0 saturated heterocycles. The zero-order chi connectivity index (χ0) is 17.3. The van der Waals surface area contributed by atoms with Gasteiger partial charge in [-0.05, 0) is 23.6 Å². The first-order chi connectivity index (χ1) is 11.4. The highest BCUT2D eigenvalue weighted by Gasteiger charge is 2.23. The SMILES string of the molecule is COCc1cc(N2CCc3cccc(Br)c3C2)nc(C(C)(C)C)n1. The average Bonchev–Trinajstić information content (AvgIpc) is 2.54. The van der Waals surface area contributed by atoms with Crippen molar-refractivity contribution in [3.05, 3.63) is 51.4 Å². The molecule has 0 atom stereocenters. The van der Waals surface area contributed by atoms with Crippen molar-refractivity contribution in [2.24, 2.45) is 0 Å². The quantitative estimate of drug-likeness (QED) is 0.786. The molecular weight excluding hydrogens is 366 g/mol. The average molecular weight is 390 g/mol. The molecule has 2 aromatic rings. The van der Waals surface area contributed by atoms with E-state index in [0.29, 0.717) is 6.61 Å². The Morgan fingerprint density at radius 1 is 1.25 bits per heavy atom. The molecule has 0 amide bonds. The van der Waals surface area contributed by atoms with Crippen molar-refractivity contribution in [2.45, 2.75) is 45.8 Å². The number of hydrogen-bond donors (Lipinski definition) is 0. The second-order valence-electron chi connectivity index (χ2n) is 7.27. The van der Waals surface area contributed by atoms with Crippen molar-refractivity contribution >= 4 is 21.7 Å². The molecule has 24 heavy (non-hydrogen) atoms. The molecule has 0 spiro atoms. The maximum Gasteiger partial charge on any atom is 0.136 e. The van der Waals surface area contributed by atoms with Crippen molar-refractivity contribution < 1.29 is 4.74 Å². The first kappa shape index (κ1) is 17.4. The van der Waals surface area contributed by atoms with Crippen LogP contribution in [0.1, 0.15) is 43.4 Å². The lowest BCUT2D eigenvalue weighted by atomic mass is 9.95. The van der Waals surface area contributed by atoms with Crippen LogP contribution in [0.15, 0.2) is 28.7 Å². The largest absolute Gasteiger partial charge is 0.378 e. The molecule has 0 unspecified atom stereocenters. The van der Waals surface area contributed by atoms with E-state index >= 15 is 0 Å². The van der Waals surface area contributed by atoms with E-state index in [1.165, 1.54) is 15.6 Å². The topological polar surface area (TPSA) is 38.2 Å². The van der Waals surface area contributed by atoms with Crippen molar-refractivity contribution in [1.82, 2.24) is 9.97 Å². The molecule has 2 heterocycles. The van der Waals surface area contributed by atoms with Crippen LogP contribution in [0.5, 0.6) is 0 Å². The highest BCUT2D eigenvalue weighted by Crippen LogP contribution is 2.30. The number of aromatic nitrogens is 2. The van der Waals surface area contributed by atoms with Crippen LogP contribution in [0, 0.1) is 0 Å². The van der Waals surface area contributed by atoms with Gasteiger partial charge in [0.15, 0.2) is 0 Å². The minimum absolute atomic E-state index is 0.0905. The van der Waals surface area contributed by atoms with E-state index < -0.39 is 0 Å². The van der Waals surface area contributed by atoms with Crippen LogP contribution in [-0.4, -0.2) is 23.6 Å². The summed E-state index contributed by atoms with van der Waals surface area (Å²) < 4.78 is 6.47. The van der Waals surface area contributed by atoms with E-state index in [4.69, 9.17) is 9.72 Å². The van der Waals surface area contributed by atoms with Gasteiger partial charge in [-0.15, -0.1) is 0 Å². The second-order valence-corrected chi connectivity index (χ2v) is 8.13. The van der Waals surface area contributed by atoms with E-state index in [0.717, 1.165) is 36.8 Å². The summed E-state index contributed by atoms with van der Waals surface area (Å²) in [5.41, 5.74) is 3.62. The molecule has 3 rings (SSSR count). The molecule has 1 aliphatic heterocycles. The van der Waals surface area contributed by atoms with Crippen molar-refractivity contribution in [2.75, 3.05) is 18.6 Å². The monoisotopic (exact) mass is 389 g/mol. The Bertz CT molecular complexity index is 740. The van der Waals surface area contributed by atoms with Gasteiger partial charge in [-0.1, -0.05) is 48.8 Å². The van der Waals surface area contributed by atoms with Gasteiger partial charge < -0.3 is 9.64 Å². The molecule has 0 aliphatic carbocycles. The number of fused-ring (bicyclic) bond motifs is 1. The van der Waals surface area contributed by atoms with Gasteiger partial charge in [0, 0.05) is 36.2 Å². The molecule has 0 bridgehead atoms. The maximum atomic E-state index is 5.30. The third-order valence-corrected chi connectivity index (χ3v) is 5.01. The van der Waals surface area contributed by atoms with Crippen LogP contribution >= 0.6 is 15.9 Å². The maximum absolute atomic E-state index is 5.30. The minimum atomic E-state index is -0.0905. The summed E-state index contributed by atoms with van der Waals surface area (Å²) in [6.07, 6.45) is 1.03. The van der Waals surface area contributed by atoms with Gasteiger partial charge in [-0.2, -0.15) is 0 Å². The smallest absolute Gasteiger partial charge is 0.136 e. The van der Waals surface area contributed by atoms with Crippen LogP contribution < -0.4 is 4.90 Å². The molecule has 5 heteroatoms. The number of rotatable bonds is 3. The van der Waals surface area contributed by atoms with Gasteiger partial charge in [0.05, 0.1) is 12.3 Å². The van der Waals surface area contributed by atoms with Gasteiger partial charge in [0.2, 0.25) is 0 Å². The third kappa shape index (κ3) is 3.62. The number of hydrogen-bond acceptors (Lipinski definition) is 4. The molecular formula is C19H24BrN3O. The van der Waals surface area contributed by atoms with Crippen LogP contribution in [0.2, 0.25) is 0 Å². The van der Waals surface area contributed by atoms with Crippen molar-refractivity contribution in [3.8, 4) is 0 Å². The summed E-state index contributed by atoms with van der Waals surface area (Å²) in [6, 6.07) is 8.49. The van der Waals surface area contributed by atoms with Gasteiger partial charge in [-0.25, -0.2) is 9.97 Å². The van der Waals surface area contributed by atoms with Crippen LogP contribution in [-0.2, 0) is 29.7 Å². The Balaban J connectivity index is 1.97. The number of halogens is 1. The highest BCUT2D eigenvalue weighted by atomic mass is 79.9. The summed E-state index contributed by atoms with van der Waals surface area (Å²) in [5.74, 6) is 1.85. The fourth-order valence-corrected chi connectivity index (χ4v) is 3.47. The molecule has 1 aromatic heterocycles. The molecule has 1 aliphatic rings. The van der Waals surface area contributed by atoms with E-state index in [1.54, 1.807) is 7.11 Å². The lowest BCUT2D eigenvalue weighted by Gasteiger charge is -2.31. The van der Waals surface area contributed by atoms with Gasteiger partial charge in [-0.3, -0.25) is 0 Å². The van der Waals surface area contributed by atoms with Crippen LogP contribution in [0.4, 0.5) is 5.82 Å². The lowest BCUT2D eigenvalue weighted by molar-refractivity contribution is 0.181. The Labute approximate surface area is 152 Å². The Morgan fingerprint density at radius 2 is 2.04 bits per heavy atom. The molecule has 128 valence electrons. The molecule has 0 radical (unpaired) electrons. The van der Waals surface area contributed by atoms with Gasteiger partial charge in [0.1, 0.15) is 11.6 Å². The molecule has 0 saturated carbocycles. The highest BCUT2D eigenvalue weighted by molar-refractivity contribution is 9.10. The first-order valence-corrected chi connectivity index (χ1v) is 9.06. The van der Waals surface area contributed by atoms with E-state index in [1.807, 2.05) is 0 Å². The van der Waals surface area contributed by atoms with Crippen molar-refractivity contribution in [1.29, 1.82) is 0 Å². The molecule has 4 nitrogen and oxygen atoms in total. The Hall–Kier alpha value is -1.46. The van der Waals surface area contributed by atoms with E-state index in [9.17, 15) is 0 Å². The van der Waals surface area contributed by atoms with Crippen molar-refractivity contribution in [3.63, 3.8) is 0 Å². The summed E-state index contributed by atoms with van der Waals surface area (Å²) >= 11 is 3.69. The summed E-state index contributed by atoms with van der Waals surface area (Å²) in [4.78, 5) is 11.9. The standard InChI is InChI=1S/C19H24BrN3O/c1-19(2,3)18-21-14(12-24-4)10-17(22-18)23-9-8-13-6-5-7-16(20)15(13)11-23/h5-7,10H,8-9,11-12H2,1-4H3. The first-order valence-electron chi connectivity index (χ1n) is 8.27. The Kier molecular flexibility index (Phi) is 4.92. The number of ether oxygens (including phenoxy) is 1. The number of nitrogens with zero attached hydrogens (tertiary/aromatic N) is 3. The normalized spacial score (nSPS) is 14.6. The fourth-order valence-electron chi connectivity index (χ4n) is 2.94. The second kappa shape index (κ2) is 6.81. The number of methoxy groups -OCH3 is 1. The lowest BCUT2D eigenvalue weighted by Crippen LogP contribution is -2.32. The number of benzene rings is 1. The van der Waals surface area contributed by atoms with Gasteiger partial charge in [0.25, 0.3) is 0 Å². The zero-order valence-electron chi connectivity index (χ0n) is 14.8. The third-order valence-electron chi connectivity index (χ3n) is 4.27. The summed E-state index contributed by atoms with van der Waals surface area (Å²) in [6.45, 7) is 8.77. The summed E-state index contributed by atoms with van der Waals surface area (Å²) in [7, 11) is 1.70. The minimum Gasteiger partial charge on any atom is -0.378 e.